The molecule has 0 bridgehead atoms. The predicted molar refractivity (Wildman–Crippen MR) is 78.0 cm³/mol. The summed E-state index contributed by atoms with van der Waals surface area (Å²) in [6.45, 7) is 3.80. The third kappa shape index (κ3) is 2.24. The maximum atomic E-state index is 6.13. The van der Waals surface area contributed by atoms with Crippen LogP contribution in [0.15, 0.2) is 18.2 Å². The number of aromatic nitrogens is 2. The highest BCUT2D eigenvalue weighted by Crippen LogP contribution is 2.35. The van der Waals surface area contributed by atoms with Crippen LogP contribution in [0.3, 0.4) is 0 Å². The fourth-order valence-corrected chi connectivity index (χ4v) is 3.17. The van der Waals surface area contributed by atoms with Gasteiger partial charge in [-0.3, -0.25) is 0 Å². The highest BCUT2D eigenvalue weighted by Gasteiger charge is 2.32. The average Bonchev–Trinajstić information content (AvgIpc) is 2.78. The number of nitrogens with zero attached hydrogens (tertiary/aromatic N) is 2. The smallest absolute Gasteiger partial charge is 0.125 e. The lowest BCUT2D eigenvalue weighted by atomic mass is 9.91. The zero-order chi connectivity index (χ0) is 13.5. The van der Waals surface area contributed by atoms with E-state index in [9.17, 15) is 0 Å². The number of hydrogen-bond acceptors (Lipinski definition) is 2. The number of alkyl halides is 1. The van der Waals surface area contributed by atoms with Crippen molar-refractivity contribution < 1.29 is 4.74 Å². The Bertz CT molecular complexity index is 603. The molecule has 0 unspecified atom stereocenters. The highest BCUT2D eigenvalue weighted by molar-refractivity contribution is 6.31. The van der Waals surface area contributed by atoms with E-state index >= 15 is 0 Å². The van der Waals surface area contributed by atoms with E-state index in [2.05, 4.69) is 16.5 Å². The molecular formula is C14H16Cl2N2O. The minimum absolute atomic E-state index is 0.00189. The van der Waals surface area contributed by atoms with Gasteiger partial charge in [-0.1, -0.05) is 11.6 Å². The number of halogens is 2. The Labute approximate surface area is 122 Å². The maximum absolute atomic E-state index is 6.13. The lowest BCUT2D eigenvalue weighted by Gasteiger charge is -2.36. The Hall–Kier alpha value is -0.770. The summed E-state index contributed by atoms with van der Waals surface area (Å²) >= 11 is 12.2. The van der Waals surface area contributed by atoms with E-state index in [1.807, 2.05) is 18.2 Å². The summed E-state index contributed by atoms with van der Waals surface area (Å²) in [5.41, 5.74) is 2.02. The Balaban J connectivity index is 2.22. The Kier molecular flexibility index (Phi) is 3.46. The molecule has 1 aliphatic rings. The van der Waals surface area contributed by atoms with E-state index in [0.29, 0.717) is 5.88 Å². The molecule has 1 aromatic heterocycles. The van der Waals surface area contributed by atoms with Gasteiger partial charge in [-0.05, 0) is 38.0 Å². The van der Waals surface area contributed by atoms with Crippen molar-refractivity contribution in [3.05, 3.63) is 29.0 Å². The van der Waals surface area contributed by atoms with Crippen molar-refractivity contribution >= 4 is 34.2 Å². The fraction of sp³-hybridized carbons (Fsp3) is 0.500. The second-order valence-corrected chi connectivity index (χ2v) is 5.94. The van der Waals surface area contributed by atoms with Crippen LogP contribution in [0.25, 0.3) is 11.0 Å². The molecule has 0 amide bonds. The number of ether oxygens (including phenoxy) is 1. The van der Waals surface area contributed by atoms with Crippen molar-refractivity contribution in [2.45, 2.75) is 31.2 Å². The van der Waals surface area contributed by atoms with E-state index in [1.54, 1.807) is 0 Å². The third-order valence-electron chi connectivity index (χ3n) is 3.92. The van der Waals surface area contributed by atoms with E-state index in [1.165, 1.54) is 0 Å². The molecule has 1 aliphatic heterocycles. The Morgan fingerprint density at radius 3 is 2.79 bits per heavy atom. The summed E-state index contributed by atoms with van der Waals surface area (Å²) < 4.78 is 7.73. The van der Waals surface area contributed by atoms with Crippen LogP contribution in [-0.2, 0) is 16.2 Å². The maximum Gasteiger partial charge on any atom is 0.125 e. The molecule has 0 N–H and O–H groups in total. The number of imidazole rings is 1. The van der Waals surface area contributed by atoms with Crippen LogP contribution >= 0.6 is 23.2 Å². The first-order valence-corrected chi connectivity index (χ1v) is 7.36. The van der Waals surface area contributed by atoms with Gasteiger partial charge in [0.25, 0.3) is 0 Å². The summed E-state index contributed by atoms with van der Waals surface area (Å²) in [4.78, 5) is 4.62. The normalized spacial score (nSPS) is 18.9. The fourth-order valence-electron chi connectivity index (χ4n) is 2.83. The molecule has 0 radical (unpaired) electrons. The van der Waals surface area contributed by atoms with Gasteiger partial charge in [-0.25, -0.2) is 4.98 Å². The first-order valence-electron chi connectivity index (χ1n) is 6.45. The standard InChI is InChI=1S/C14H16Cl2N2O/c1-14(4-6-19-7-5-14)18-12-8-10(16)2-3-11(12)17-13(18)9-15/h2-3,8H,4-7,9H2,1H3. The van der Waals surface area contributed by atoms with Gasteiger partial charge in [-0.2, -0.15) is 0 Å². The lowest BCUT2D eigenvalue weighted by molar-refractivity contribution is 0.0303. The molecule has 3 rings (SSSR count). The summed E-state index contributed by atoms with van der Waals surface area (Å²) in [5, 5.41) is 0.727. The van der Waals surface area contributed by atoms with Gasteiger partial charge in [0.15, 0.2) is 0 Å². The molecular weight excluding hydrogens is 283 g/mol. The highest BCUT2D eigenvalue weighted by atomic mass is 35.5. The van der Waals surface area contributed by atoms with Crippen molar-refractivity contribution in [3.63, 3.8) is 0 Å². The molecule has 19 heavy (non-hydrogen) atoms. The van der Waals surface area contributed by atoms with Crippen molar-refractivity contribution in [3.8, 4) is 0 Å². The van der Waals surface area contributed by atoms with Gasteiger partial charge in [0.2, 0.25) is 0 Å². The molecule has 2 aromatic rings. The van der Waals surface area contributed by atoms with Crippen LogP contribution < -0.4 is 0 Å². The van der Waals surface area contributed by atoms with E-state index in [4.69, 9.17) is 27.9 Å². The molecule has 1 aromatic carbocycles. The molecule has 102 valence electrons. The van der Waals surface area contributed by atoms with Crippen LogP contribution in [0.1, 0.15) is 25.6 Å². The van der Waals surface area contributed by atoms with Gasteiger partial charge in [0.05, 0.1) is 16.9 Å². The summed E-state index contributed by atoms with van der Waals surface area (Å²) in [6, 6.07) is 5.79. The molecule has 0 saturated carbocycles. The molecule has 3 nitrogen and oxygen atoms in total. The molecule has 0 atom stereocenters. The molecule has 2 heterocycles. The van der Waals surface area contributed by atoms with Crippen molar-refractivity contribution in [1.29, 1.82) is 0 Å². The number of hydrogen-bond donors (Lipinski definition) is 0. The van der Waals surface area contributed by atoms with E-state index < -0.39 is 0 Å². The lowest BCUT2D eigenvalue weighted by Crippen LogP contribution is -2.37. The van der Waals surface area contributed by atoms with E-state index in [-0.39, 0.29) is 5.54 Å². The predicted octanol–water partition coefficient (Wildman–Crippen LogP) is 3.95. The zero-order valence-corrected chi connectivity index (χ0v) is 12.3. The number of fused-ring (bicyclic) bond motifs is 1. The quantitative estimate of drug-likeness (QED) is 0.785. The topological polar surface area (TPSA) is 27.1 Å². The third-order valence-corrected chi connectivity index (χ3v) is 4.39. The SMILES string of the molecule is CC1(n2c(CCl)nc3ccc(Cl)cc32)CCOCC1. The summed E-state index contributed by atoms with van der Waals surface area (Å²) in [5.74, 6) is 1.31. The Morgan fingerprint density at radius 2 is 2.11 bits per heavy atom. The van der Waals surface area contributed by atoms with Crippen LogP contribution in [0.4, 0.5) is 0 Å². The minimum Gasteiger partial charge on any atom is -0.381 e. The van der Waals surface area contributed by atoms with Crippen molar-refractivity contribution in [1.82, 2.24) is 9.55 Å². The molecule has 0 aliphatic carbocycles. The second kappa shape index (κ2) is 4.97. The minimum atomic E-state index is 0.00189. The first-order chi connectivity index (χ1) is 9.14. The number of benzene rings is 1. The van der Waals surface area contributed by atoms with E-state index in [0.717, 1.165) is 47.9 Å². The molecule has 1 saturated heterocycles. The average molecular weight is 299 g/mol. The van der Waals surface area contributed by atoms with Crippen LogP contribution in [0.5, 0.6) is 0 Å². The van der Waals surface area contributed by atoms with Crippen LogP contribution in [0.2, 0.25) is 5.02 Å². The first kappa shape index (κ1) is 13.2. The Morgan fingerprint density at radius 1 is 1.37 bits per heavy atom. The van der Waals surface area contributed by atoms with Gasteiger partial charge in [0.1, 0.15) is 5.82 Å². The van der Waals surface area contributed by atoms with Crippen LogP contribution in [0, 0.1) is 0 Å². The monoisotopic (exact) mass is 298 g/mol. The van der Waals surface area contributed by atoms with Gasteiger partial charge >= 0.3 is 0 Å². The van der Waals surface area contributed by atoms with Crippen molar-refractivity contribution in [2.24, 2.45) is 0 Å². The summed E-state index contributed by atoms with van der Waals surface area (Å²) in [6.07, 6.45) is 1.93. The molecule has 0 spiro atoms. The van der Waals surface area contributed by atoms with Gasteiger partial charge in [-0.15, -0.1) is 11.6 Å². The van der Waals surface area contributed by atoms with Crippen LogP contribution in [-0.4, -0.2) is 22.8 Å². The largest absolute Gasteiger partial charge is 0.381 e. The molecule has 5 heteroatoms. The molecule has 1 fully saturated rings. The second-order valence-electron chi connectivity index (χ2n) is 5.24. The van der Waals surface area contributed by atoms with Crippen molar-refractivity contribution in [2.75, 3.05) is 13.2 Å². The van der Waals surface area contributed by atoms with Gasteiger partial charge in [0, 0.05) is 23.8 Å². The number of rotatable bonds is 2. The van der Waals surface area contributed by atoms with Gasteiger partial charge < -0.3 is 9.30 Å². The summed E-state index contributed by atoms with van der Waals surface area (Å²) in [7, 11) is 0. The zero-order valence-electron chi connectivity index (χ0n) is 10.8.